The van der Waals surface area contributed by atoms with Gasteiger partial charge in [-0.25, -0.2) is 0 Å². The molecule has 1 heterocycles. The summed E-state index contributed by atoms with van der Waals surface area (Å²) in [6, 6.07) is 1.16. The van der Waals surface area contributed by atoms with Gasteiger partial charge in [0.1, 0.15) is 5.75 Å². The number of rotatable bonds is 4. The summed E-state index contributed by atoms with van der Waals surface area (Å²) in [4.78, 5) is 4.24. The van der Waals surface area contributed by atoms with E-state index in [2.05, 4.69) is 9.17 Å². The van der Waals surface area contributed by atoms with Crippen molar-refractivity contribution in [2.45, 2.75) is 37.6 Å². The van der Waals surface area contributed by atoms with E-state index in [1.54, 1.807) is 0 Å². The van der Waals surface area contributed by atoms with Crippen LogP contribution < -0.4 is 4.18 Å². The molecule has 1 aliphatic carbocycles. The molecule has 0 aromatic carbocycles. The van der Waals surface area contributed by atoms with E-state index in [0.717, 1.165) is 18.9 Å². The van der Waals surface area contributed by atoms with Crippen LogP contribution in [0.5, 0.6) is 5.75 Å². The largest absolute Gasteiger partial charge is 0.534 e. The lowest BCUT2D eigenvalue weighted by molar-refractivity contribution is -0.0500. The first-order valence-electron chi connectivity index (χ1n) is 6.38. The molecular weight excluding hydrogens is 311 g/mol. The Bertz CT molecular complexity index is 628. The lowest BCUT2D eigenvalue weighted by Crippen LogP contribution is -2.29. The van der Waals surface area contributed by atoms with Crippen LogP contribution in [-0.2, 0) is 29.4 Å². The number of aliphatic hydroxyl groups is 1. The zero-order valence-corrected chi connectivity index (χ0v) is 11.8. The molecule has 0 amide bonds. The molecule has 21 heavy (non-hydrogen) atoms. The van der Waals surface area contributed by atoms with Crippen LogP contribution in [0.15, 0.2) is 6.07 Å². The van der Waals surface area contributed by atoms with E-state index in [1.807, 2.05) is 0 Å². The Morgan fingerprint density at radius 1 is 1.29 bits per heavy atom. The highest BCUT2D eigenvalue weighted by atomic mass is 32.2. The van der Waals surface area contributed by atoms with Crippen LogP contribution in [0.4, 0.5) is 13.2 Å². The van der Waals surface area contributed by atoms with Crippen molar-refractivity contribution < 1.29 is 30.9 Å². The monoisotopic (exact) mass is 325 g/mol. The number of alkyl halides is 3. The lowest BCUT2D eigenvalue weighted by Gasteiger charge is -2.20. The molecule has 0 aliphatic heterocycles. The fourth-order valence-corrected chi connectivity index (χ4v) is 2.68. The molecule has 2 rings (SSSR count). The van der Waals surface area contributed by atoms with Gasteiger partial charge in [-0.2, -0.15) is 21.6 Å². The van der Waals surface area contributed by atoms with E-state index in [9.17, 15) is 21.6 Å². The van der Waals surface area contributed by atoms with Crippen molar-refractivity contribution in [3.05, 3.63) is 23.0 Å². The Balaban J connectivity index is 2.44. The van der Waals surface area contributed by atoms with Gasteiger partial charge < -0.3 is 9.29 Å². The molecule has 0 atom stereocenters. The summed E-state index contributed by atoms with van der Waals surface area (Å²) in [5, 5.41) is 8.90. The zero-order valence-electron chi connectivity index (χ0n) is 11.0. The average molecular weight is 325 g/mol. The molecule has 0 spiro atoms. The minimum Gasteiger partial charge on any atom is -0.396 e. The van der Waals surface area contributed by atoms with Gasteiger partial charge in [-0.15, -0.1) is 0 Å². The van der Waals surface area contributed by atoms with Gasteiger partial charge in [-0.1, -0.05) is 0 Å². The molecule has 1 aliphatic rings. The van der Waals surface area contributed by atoms with Gasteiger partial charge in [0.15, 0.2) is 0 Å². The molecule has 1 aromatic heterocycles. The van der Waals surface area contributed by atoms with Crippen molar-refractivity contribution >= 4 is 10.1 Å². The molecule has 9 heteroatoms. The summed E-state index contributed by atoms with van der Waals surface area (Å²) < 4.78 is 63.9. The highest BCUT2D eigenvalue weighted by molar-refractivity contribution is 7.88. The SMILES string of the molecule is O=S(=O)(Oc1cc(CCO)nc2c1CCCC2)C(F)(F)F. The van der Waals surface area contributed by atoms with Crippen LogP contribution in [0.2, 0.25) is 0 Å². The third kappa shape index (κ3) is 3.46. The quantitative estimate of drug-likeness (QED) is 0.674. The second-order valence-corrected chi connectivity index (χ2v) is 6.24. The van der Waals surface area contributed by atoms with Crippen molar-refractivity contribution in [3.63, 3.8) is 0 Å². The normalized spacial score (nSPS) is 15.6. The summed E-state index contributed by atoms with van der Waals surface area (Å²) >= 11 is 0. The smallest absolute Gasteiger partial charge is 0.396 e. The third-order valence-electron chi connectivity index (χ3n) is 3.16. The van der Waals surface area contributed by atoms with Crippen molar-refractivity contribution in [2.75, 3.05) is 6.61 Å². The Hall–Kier alpha value is -1.35. The molecule has 118 valence electrons. The van der Waals surface area contributed by atoms with E-state index < -0.39 is 15.6 Å². The third-order valence-corrected chi connectivity index (χ3v) is 4.13. The predicted molar refractivity (Wildman–Crippen MR) is 67.3 cm³/mol. The molecule has 0 fully saturated rings. The number of aliphatic hydroxyl groups excluding tert-OH is 1. The second-order valence-electron chi connectivity index (χ2n) is 4.70. The molecule has 0 unspecified atom stereocenters. The predicted octanol–water partition coefficient (Wildman–Crippen LogP) is 1.72. The maximum Gasteiger partial charge on any atom is 0.534 e. The number of hydrogen-bond donors (Lipinski definition) is 1. The molecule has 0 bridgehead atoms. The van der Waals surface area contributed by atoms with Gasteiger partial charge in [0.2, 0.25) is 0 Å². The van der Waals surface area contributed by atoms with E-state index >= 15 is 0 Å². The lowest BCUT2D eigenvalue weighted by atomic mass is 9.95. The van der Waals surface area contributed by atoms with Crippen molar-refractivity contribution in [2.24, 2.45) is 0 Å². The van der Waals surface area contributed by atoms with E-state index in [0.29, 0.717) is 29.8 Å². The average Bonchev–Trinajstić information content (AvgIpc) is 2.37. The van der Waals surface area contributed by atoms with Gasteiger partial charge in [-0.3, -0.25) is 4.98 Å². The van der Waals surface area contributed by atoms with Crippen molar-refractivity contribution in [1.29, 1.82) is 0 Å². The molecule has 0 saturated heterocycles. The summed E-state index contributed by atoms with van der Waals surface area (Å²) in [6.07, 6.45) is 2.65. The fraction of sp³-hybridized carbons (Fsp3) is 0.583. The van der Waals surface area contributed by atoms with Gasteiger partial charge in [0.05, 0.1) is 0 Å². The van der Waals surface area contributed by atoms with Gasteiger partial charge in [-0.05, 0) is 25.7 Å². The van der Waals surface area contributed by atoms with E-state index in [-0.39, 0.29) is 18.8 Å². The summed E-state index contributed by atoms with van der Waals surface area (Å²) in [5.74, 6) is -0.333. The first-order chi connectivity index (χ1) is 9.74. The molecule has 5 nitrogen and oxygen atoms in total. The van der Waals surface area contributed by atoms with Gasteiger partial charge >= 0.3 is 15.6 Å². The number of hydrogen-bond acceptors (Lipinski definition) is 5. The Morgan fingerprint density at radius 2 is 1.95 bits per heavy atom. The minimum atomic E-state index is -5.71. The molecule has 1 N–H and O–H groups in total. The topological polar surface area (TPSA) is 76.5 Å². The van der Waals surface area contributed by atoms with Crippen LogP contribution in [0.1, 0.15) is 29.8 Å². The Morgan fingerprint density at radius 3 is 2.57 bits per heavy atom. The van der Waals surface area contributed by atoms with Crippen LogP contribution in [-0.4, -0.2) is 30.6 Å². The molecular formula is C12H14F3NO4S. The maximum absolute atomic E-state index is 12.4. The molecule has 0 saturated carbocycles. The van der Waals surface area contributed by atoms with Gasteiger partial charge in [0.25, 0.3) is 0 Å². The summed E-state index contributed by atoms with van der Waals surface area (Å²) in [5.41, 5.74) is -4.23. The zero-order chi connectivity index (χ0) is 15.7. The van der Waals surface area contributed by atoms with Crippen LogP contribution in [0.3, 0.4) is 0 Å². The maximum atomic E-state index is 12.4. The first-order valence-corrected chi connectivity index (χ1v) is 7.78. The Kier molecular flexibility index (Phi) is 4.43. The highest BCUT2D eigenvalue weighted by Gasteiger charge is 2.49. The number of halogens is 3. The summed E-state index contributed by atoms with van der Waals surface area (Å²) in [7, 11) is -5.71. The standard InChI is InChI=1S/C12H14F3NO4S/c13-12(14,15)21(18,19)20-11-7-8(5-6-17)16-10-4-2-1-3-9(10)11/h7,17H,1-6H2. The fourth-order valence-electron chi connectivity index (χ4n) is 2.20. The van der Waals surface area contributed by atoms with Crippen LogP contribution >= 0.6 is 0 Å². The summed E-state index contributed by atoms with van der Waals surface area (Å²) in [6.45, 7) is -0.239. The van der Waals surface area contributed by atoms with Crippen molar-refractivity contribution in [3.8, 4) is 5.75 Å². The highest BCUT2D eigenvalue weighted by Crippen LogP contribution is 2.33. The first kappa shape index (κ1) is 16.0. The number of pyridine rings is 1. The van der Waals surface area contributed by atoms with Crippen molar-refractivity contribution in [1.82, 2.24) is 4.98 Å². The molecule has 1 aromatic rings. The molecule has 0 radical (unpaired) electrons. The number of fused-ring (bicyclic) bond motifs is 1. The minimum absolute atomic E-state index is 0.121. The van der Waals surface area contributed by atoms with Gasteiger partial charge in [0, 0.05) is 36.0 Å². The second kappa shape index (κ2) is 5.80. The number of nitrogens with zero attached hydrogens (tertiary/aromatic N) is 1. The number of aromatic nitrogens is 1. The van der Waals surface area contributed by atoms with Crippen LogP contribution in [0, 0.1) is 0 Å². The van der Waals surface area contributed by atoms with E-state index in [1.165, 1.54) is 0 Å². The number of aryl methyl sites for hydroxylation is 1. The Labute approximate surface area is 119 Å². The van der Waals surface area contributed by atoms with Crippen LogP contribution in [0.25, 0.3) is 0 Å². The van der Waals surface area contributed by atoms with E-state index in [4.69, 9.17) is 5.11 Å².